The Balaban J connectivity index is 2.21. The van der Waals surface area contributed by atoms with Crippen LogP contribution in [0.25, 0.3) is 11.3 Å². The van der Waals surface area contributed by atoms with E-state index >= 15 is 0 Å². The summed E-state index contributed by atoms with van der Waals surface area (Å²) in [6, 6.07) is 6.33. The molecule has 3 rings (SSSR count). The van der Waals surface area contributed by atoms with E-state index in [1.807, 2.05) is 19.1 Å². The molecule has 1 aliphatic carbocycles. The molecule has 0 fully saturated rings. The summed E-state index contributed by atoms with van der Waals surface area (Å²) in [6.45, 7) is 4.09. The van der Waals surface area contributed by atoms with Crippen LogP contribution in [0.1, 0.15) is 48.8 Å². The molecule has 2 aromatic heterocycles. The van der Waals surface area contributed by atoms with Gasteiger partial charge in [-0.1, -0.05) is 6.92 Å². The van der Waals surface area contributed by atoms with E-state index in [2.05, 4.69) is 13.0 Å². The lowest BCUT2D eigenvalue weighted by Gasteiger charge is -2.20. The maximum Gasteiger partial charge on any atom is 0.136 e. The predicted molar refractivity (Wildman–Crippen MR) is 89.0 cm³/mol. The number of nitrogens with zero attached hydrogens (tertiary/aromatic N) is 2. The van der Waals surface area contributed by atoms with Crippen LogP contribution in [0.4, 0.5) is 0 Å². The van der Waals surface area contributed by atoms with E-state index in [1.165, 1.54) is 12.0 Å². The number of thioether (sulfide) groups is 1. The summed E-state index contributed by atoms with van der Waals surface area (Å²) < 4.78 is 5.85. The first-order chi connectivity index (χ1) is 10.7. The summed E-state index contributed by atoms with van der Waals surface area (Å²) in [5.74, 6) is 2.67. The monoisotopic (exact) mass is 312 g/mol. The third-order valence-electron chi connectivity index (χ3n) is 3.98. The first-order valence-electron chi connectivity index (χ1n) is 7.90. The van der Waals surface area contributed by atoms with Gasteiger partial charge < -0.3 is 4.42 Å². The Morgan fingerprint density at radius 1 is 1.32 bits per heavy atom. The van der Waals surface area contributed by atoms with Gasteiger partial charge in [0.25, 0.3) is 0 Å². The van der Waals surface area contributed by atoms with E-state index in [0.717, 1.165) is 59.2 Å². The topological polar surface area (TPSA) is 49.8 Å². The molecule has 2 heterocycles. The quantitative estimate of drug-likeness (QED) is 0.753. The largest absolute Gasteiger partial charge is 0.461 e. The Kier molecular flexibility index (Phi) is 4.54. The van der Waals surface area contributed by atoms with Crippen molar-refractivity contribution in [3.05, 3.63) is 34.7 Å². The van der Waals surface area contributed by atoms with Crippen molar-refractivity contribution >= 4 is 11.8 Å². The van der Waals surface area contributed by atoms with Crippen molar-refractivity contribution in [2.75, 3.05) is 5.75 Å². The van der Waals surface area contributed by atoms with E-state index in [9.17, 15) is 5.26 Å². The zero-order valence-electron chi connectivity index (χ0n) is 13.1. The molecule has 2 aromatic rings. The fourth-order valence-electron chi connectivity index (χ4n) is 2.97. The first-order valence-corrected chi connectivity index (χ1v) is 8.88. The highest BCUT2D eigenvalue weighted by atomic mass is 32.2. The third kappa shape index (κ3) is 2.78. The van der Waals surface area contributed by atoms with Crippen LogP contribution >= 0.6 is 11.8 Å². The number of aryl methyl sites for hydroxylation is 2. The Labute approximate surface area is 135 Å². The molecule has 114 valence electrons. The van der Waals surface area contributed by atoms with Gasteiger partial charge in [-0.2, -0.15) is 5.26 Å². The van der Waals surface area contributed by atoms with Crippen LogP contribution in [0.3, 0.4) is 0 Å². The minimum atomic E-state index is 0.688. The van der Waals surface area contributed by atoms with Gasteiger partial charge >= 0.3 is 0 Å². The Hall–Kier alpha value is -1.73. The Bertz CT molecular complexity index is 727. The summed E-state index contributed by atoms with van der Waals surface area (Å²) >= 11 is 1.68. The smallest absolute Gasteiger partial charge is 0.136 e. The van der Waals surface area contributed by atoms with Gasteiger partial charge in [-0.25, -0.2) is 4.98 Å². The molecule has 0 aromatic carbocycles. The van der Waals surface area contributed by atoms with Crippen molar-refractivity contribution in [3.63, 3.8) is 0 Å². The standard InChI is InChI=1S/C18H20N2OS/c1-3-10-22-18-14(11-19)17(16-9-8-12(2)21-16)13-6-4-5-7-15(13)20-18/h8-9H,3-7,10H2,1-2H3. The van der Waals surface area contributed by atoms with Crippen LogP contribution in [0.5, 0.6) is 0 Å². The van der Waals surface area contributed by atoms with Crippen LogP contribution in [-0.2, 0) is 12.8 Å². The molecule has 0 unspecified atom stereocenters. The average molecular weight is 312 g/mol. The fraction of sp³-hybridized carbons (Fsp3) is 0.444. The molecule has 22 heavy (non-hydrogen) atoms. The Morgan fingerprint density at radius 3 is 2.82 bits per heavy atom. The highest BCUT2D eigenvalue weighted by molar-refractivity contribution is 7.99. The minimum Gasteiger partial charge on any atom is -0.461 e. The SMILES string of the molecule is CCCSc1nc2c(c(-c3ccc(C)o3)c1C#N)CCCC2. The highest BCUT2D eigenvalue weighted by Gasteiger charge is 2.24. The number of fused-ring (bicyclic) bond motifs is 1. The van der Waals surface area contributed by atoms with Gasteiger partial charge in [0.05, 0.1) is 5.56 Å². The average Bonchev–Trinajstić information content (AvgIpc) is 2.97. The second kappa shape index (κ2) is 6.58. The molecule has 0 saturated heterocycles. The van der Waals surface area contributed by atoms with Gasteiger partial charge in [-0.3, -0.25) is 0 Å². The van der Waals surface area contributed by atoms with Gasteiger partial charge in [0.2, 0.25) is 0 Å². The second-order valence-corrected chi connectivity index (χ2v) is 6.75. The Morgan fingerprint density at radius 2 is 2.14 bits per heavy atom. The van der Waals surface area contributed by atoms with Crippen molar-refractivity contribution in [3.8, 4) is 17.4 Å². The lowest BCUT2D eigenvalue weighted by Crippen LogP contribution is -2.10. The maximum absolute atomic E-state index is 9.72. The molecule has 0 N–H and O–H groups in total. The van der Waals surface area contributed by atoms with E-state index in [-0.39, 0.29) is 0 Å². The molecule has 0 spiro atoms. The fourth-order valence-corrected chi connectivity index (χ4v) is 3.83. The van der Waals surface area contributed by atoms with Crippen LogP contribution in [0.15, 0.2) is 21.6 Å². The molecule has 0 saturated carbocycles. The van der Waals surface area contributed by atoms with Crippen LogP contribution in [0.2, 0.25) is 0 Å². The molecule has 4 heteroatoms. The van der Waals surface area contributed by atoms with Crippen LogP contribution in [0, 0.1) is 18.3 Å². The summed E-state index contributed by atoms with van der Waals surface area (Å²) in [6.07, 6.45) is 5.41. The zero-order valence-corrected chi connectivity index (χ0v) is 13.9. The van der Waals surface area contributed by atoms with Gasteiger partial charge in [0.1, 0.15) is 22.6 Å². The first kappa shape index (κ1) is 15.2. The number of aromatic nitrogens is 1. The molecule has 0 atom stereocenters. The molecule has 1 aliphatic rings. The molecule has 0 aliphatic heterocycles. The van der Waals surface area contributed by atoms with Crippen molar-refractivity contribution in [2.24, 2.45) is 0 Å². The predicted octanol–water partition coefficient (Wildman–Crippen LogP) is 4.90. The maximum atomic E-state index is 9.72. The zero-order chi connectivity index (χ0) is 15.5. The normalized spacial score (nSPS) is 13.7. The second-order valence-electron chi connectivity index (χ2n) is 5.67. The van der Waals surface area contributed by atoms with Gasteiger partial charge in [-0.05, 0) is 62.5 Å². The summed E-state index contributed by atoms with van der Waals surface area (Å²) in [7, 11) is 0. The van der Waals surface area contributed by atoms with E-state index in [0.29, 0.717) is 5.56 Å². The van der Waals surface area contributed by atoms with Crippen molar-refractivity contribution < 1.29 is 4.42 Å². The molecule has 3 nitrogen and oxygen atoms in total. The van der Waals surface area contributed by atoms with E-state index in [1.54, 1.807) is 11.8 Å². The van der Waals surface area contributed by atoms with Crippen molar-refractivity contribution in [2.45, 2.75) is 51.0 Å². The molecular formula is C18H20N2OS. The van der Waals surface area contributed by atoms with Gasteiger partial charge in [-0.15, -0.1) is 11.8 Å². The number of hydrogen-bond donors (Lipinski definition) is 0. The van der Waals surface area contributed by atoms with Crippen LogP contribution in [-0.4, -0.2) is 10.7 Å². The van der Waals surface area contributed by atoms with Crippen molar-refractivity contribution in [1.29, 1.82) is 5.26 Å². The summed E-state index contributed by atoms with van der Waals surface area (Å²) in [5.41, 5.74) is 4.05. The minimum absolute atomic E-state index is 0.688. The number of rotatable bonds is 4. The number of hydrogen-bond acceptors (Lipinski definition) is 4. The molecule has 0 amide bonds. The molecular weight excluding hydrogens is 292 g/mol. The number of furan rings is 1. The van der Waals surface area contributed by atoms with Crippen LogP contribution < -0.4 is 0 Å². The lowest BCUT2D eigenvalue weighted by atomic mass is 9.89. The van der Waals surface area contributed by atoms with Gasteiger partial charge in [0, 0.05) is 11.3 Å². The van der Waals surface area contributed by atoms with E-state index < -0.39 is 0 Å². The summed E-state index contributed by atoms with van der Waals surface area (Å²) in [5, 5.41) is 10.6. The number of pyridine rings is 1. The van der Waals surface area contributed by atoms with E-state index in [4.69, 9.17) is 9.40 Å². The third-order valence-corrected chi connectivity index (χ3v) is 5.16. The number of nitriles is 1. The van der Waals surface area contributed by atoms with Crippen molar-refractivity contribution in [1.82, 2.24) is 4.98 Å². The lowest BCUT2D eigenvalue weighted by molar-refractivity contribution is 0.545. The highest BCUT2D eigenvalue weighted by Crippen LogP contribution is 2.38. The summed E-state index contributed by atoms with van der Waals surface area (Å²) in [4.78, 5) is 4.81. The van der Waals surface area contributed by atoms with Gasteiger partial charge in [0.15, 0.2) is 0 Å². The molecule has 0 radical (unpaired) electrons. The molecule has 0 bridgehead atoms.